The van der Waals surface area contributed by atoms with Crippen LogP contribution in [0.25, 0.3) is 0 Å². The Bertz CT molecular complexity index is 1080. The lowest BCUT2D eigenvalue weighted by molar-refractivity contribution is -0.132. The van der Waals surface area contributed by atoms with Crippen LogP contribution in [0.2, 0.25) is 5.02 Å². The van der Waals surface area contributed by atoms with Crippen molar-refractivity contribution in [3.8, 4) is 0 Å². The number of aryl methyl sites for hydroxylation is 2. The minimum absolute atomic E-state index is 0.0477. The predicted octanol–water partition coefficient (Wildman–Crippen LogP) is 3.10. The summed E-state index contributed by atoms with van der Waals surface area (Å²) in [7, 11) is -2.76. The number of nitrogens with zero attached hydrogens (tertiary/aromatic N) is 1. The molecule has 1 aliphatic carbocycles. The van der Waals surface area contributed by atoms with Crippen LogP contribution in [0.15, 0.2) is 41.3 Å². The number of sulfonamides is 1. The van der Waals surface area contributed by atoms with Gasteiger partial charge >= 0.3 is 0 Å². The molecule has 0 bridgehead atoms. The molecule has 0 saturated carbocycles. The number of fused-ring (bicyclic) bond motifs is 2. The van der Waals surface area contributed by atoms with Gasteiger partial charge in [-0.2, -0.15) is 0 Å². The fourth-order valence-corrected chi connectivity index (χ4v) is 5.34. The maximum Gasteiger partial charge on any atom is 0.266 e. The zero-order valence-electron chi connectivity index (χ0n) is 15.2. The SMILES string of the molecule is CN1C(=O)C(C(=O)Nc2ccc(Cl)cc2)c2cc3c(cc2S1(=O)=O)CCCC3. The number of carbonyl (C=O) groups is 2. The minimum atomic E-state index is -3.96. The van der Waals surface area contributed by atoms with Crippen LogP contribution in [0.3, 0.4) is 0 Å². The Balaban J connectivity index is 1.80. The molecule has 8 heteroatoms. The quantitative estimate of drug-likeness (QED) is 0.759. The van der Waals surface area contributed by atoms with Crippen molar-refractivity contribution in [2.24, 2.45) is 0 Å². The van der Waals surface area contributed by atoms with E-state index in [-0.39, 0.29) is 10.5 Å². The van der Waals surface area contributed by atoms with Crippen LogP contribution in [-0.2, 0) is 32.5 Å². The van der Waals surface area contributed by atoms with Crippen LogP contribution in [0.1, 0.15) is 35.4 Å². The number of anilines is 1. The van der Waals surface area contributed by atoms with E-state index in [1.165, 1.54) is 7.05 Å². The molecule has 1 N–H and O–H groups in total. The Labute approximate surface area is 168 Å². The molecule has 0 saturated heterocycles. The van der Waals surface area contributed by atoms with Gasteiger partial charge in [-0.25, -0.2) is 12.7 Å². The number of nitrogens with one attached hydrogen (secondary N) is 1. The summed E-state index contributed by atoms with van der Waals surface area (Å²) in [5.41, 5.74) is 2.74. The molecular formula is C20H19ClN2O4S. The first-order chi connectivity index (χ1) is 13.3. The molecule has 1 aliphatic heterocycles. The smallest absolute Gasteiger partial charge is 0.266 e. The predicted molar refractivity (Wildman–Crippen MR) is 106 cm³/mol. The molecule has 2 aliphatic rings. The van der Waals surface area contributed by atoms with Crippen LogP contribution in [0.5, 0.6) is 0 Å². The highest BCUT2D eigenvalue weighted by Crippen LogP contribution is 2.38. The molecule has 6 nitrogen and oxygen atoms in total. The van der Waals surface area contributed by atoms with E-state index in [0.29, 0.717) is 15.0 Å². The normalized spacial score (nSPS) is 20.3. The number of carbonyl (C=O) groups excluding carboxylic acids is 2. The van der Waals surface area contributed by atoms with E-state index >= 15 is 0 Å². The Hall–Kier alpha value is -2.38. The summed E-state index contributed by atoms with van der Waals surface area (Å²) in [5, 5.41) is 3.22. The number of amides is 2. The molecule has 0 spiro atoms. The topological polar surface area (TPSA) is 83.6 Å². The minimum Gasteiger partial charge on any atom is -0.325 e. The van der Waals surface area contributed by atoms with Gasteiger partial charge in [0.05, 0.1) is 4.90 Å². The van der Waals surface area contributed by atoms with Crippen molar-refractivity contribution < 1.29 is 18.0 Å². The summed E-state index contributed by atoms with van der Waals surface area (Å²) in [4.78, 5) is 25.8. The summed E-state index contributed by atoms with van der Waals surface area (Å²) >= 11 is 5.86. The molecule has 1 unspecified atom stereocenters. The monoisotopic (exact) mass is 418 g/mol. The third kappa shape index (κ3) is 3.08. The highest BCUT2D eigenvalue weighted by Gasteiger charge is 2.45. The summed E-state index contributed by atoms with van der Waals surface area (Å²) in [6.45, 7) is 0. The average molecular weight is 419 g/mol. The second-order valence-electron chi connectivity index (χ2n) is 7.11. The molecule has 0 fully saturated rings. The fourth-order valence-electron chi connectivity index (χ4n) is 3.81. The van der Waals surface area contributed by atoms with E-state index in [0.717, 1.165) is 36.8 Å². The zero-order valence-corrected chi connectivity index (χ0v) is 16.8. The molecular weight excluding hydrogens is 400 g/mol. The van der Waals surface area contributed by atoms with Gasteiger partial charge in [-0.05, 0) is 72.7 Å². The highest BCUT2D eigenvalue weighted by atomic mass is 35.5. The van der Waals surface area contributed by atoms with E-state index in [1.54, 1.807) is 36.4 Å². The second-order valence-corrected chi connectivity index (χ2v) is 9.48. The van der Waals surface area contributed by atoms with Gasteiger partial charge in [-0.1, -0.05) is 17.7 Å². The Kier molecular flexibility index (Phi) is 4.67. The van der Waals surface area contributed by atoms with Crippen LogP contribution in [0, 0.1) is 0 Å². The van der Waals surface area contributed by atoms with Crippen LogP contribution >= 0.6 is 11.6 Å². The first-order valence-corrected chi connectivity index (χ1v) is 10.9. The fraction of sp³-hybridized carbons (Fsp3) is 0.300. The average Bonchev–Trinajstić information content (AvgIpc) is 2.67. The molecule has 0 aromatic heterocycles. The third-order valence-electron chi connectivity index (χ3n) is 5.35. The number of hydrogen-bond donors (Lipinski definition) is 1. The molecule has 2 aromatic carbocycles. The Morgan fingerprint density at radius 1 is 1.11 bits per heavy atom. The second kappa shape index (κ2) is 6.90. The van der Waals surface area contributed by atoms with Gasteiger partial charge in [0, 0.05) is 17.8 Å². The number of likely N-dealkylation sites (N-methyl/N-ethyl adjacent to an activating group) is 1. The van der Waals surface area contributed by atoms with Crippen molar-refractivity contribution >= 4 is 39.1 Å². The molecule has 28 heavy (non-hydrogen) atoms. The first-order valence-electron chi connectivity index (χ1n) is 9.04. The lowest BCUT2D eigenvalue weighted by atomic mass is 9.86. The van der Waals surface area contributed by atoms with Gasteiger partial charge in [0.15, 0.2) is 0 Å². The standard InChI is InChI=1S/C20H19ClN2O4S/c1-23-20(25)18(19(24)22-15-8-6-14(21)7-9-15)16-10-12-4-2-3-5-13(12)11-17(16)28(23,26)27/h6-11,18H,2-5H2,1H3,(H,22,24). The number of benzene rings is 2. The summed E-state index contributed by atoms with van der Waals surface area (Å²) in [6.07, 6.45) is 3.63. The van der Waals surface area contributed by atoms with Crippen molar-refractivity contribution in [1.82, 2.24) is 4.31 Å². The molecule has 4 rings (SSSR count). The summed E-state index contributed by atoms with van der Waals surface area (Å²) in [6, 6.07) is 9.88. The Morgan fingerprint density at radius 3 is 2.36 bits per heavy atom. The highest BCUT2D eigenvalue weighted by molar-refractivity contribution is 7.89. The molecule has 1 heterocycles. The molecule has 146 valence electrons. The molecule has 0 radical (unpaired) electrons. The summed E-state index contributed by atoms with van der Waals surface area (Å²) < 4.78 is 26.3. The van der Waals surface area contributed by atoms with Crippen LogP contribution in [-0.4, -0.2) is 31.6 Å². The van der Waals surface area contributed by atoms with Crippen molar-refractivity contribution in [3.05, 3.63) is 58.1 Å². The van der Waals surface area contributed by atoms with E-state index in [1.807, 2.05) is 0 Å². The van der Waals surface area contributed by atoms with Gasteiger partial charge in [-0.15, -0.1) is 0 Å². The number of halogens is 1. The largest absolute Gasteiger partial charge is 0.325 e. The molecule has 2 amide bonds. The van der Waals surface area contributed by atoms with Crippen molar-refractivity contribution in [1.29, 1.82) is 0 Å². The van der Waals surface area contributed by atoms with E-state index in [4.69, 9.17) is 11.6 Å². The van der Waals surface area contributed by atoms with Gasteiger partial charge in [-0.3, -0.25) is 9.59 Å². The van der Waals surface area contributed by atoms with Gasteiger partial charge in [0.1, 0.15) is 5.92 Å². The first kappa shape index (κ1) is 19.0. The molecule has 2 aromatic rings. The lowest BCUT2D eigenvalue weighted by Crippen LogP contribution is -2.46. The third-order valence-corrected chi connectivity index (χ3v) is 7.42. The van der Waals surface area contributed by atoms with Crippen LogP contribution < -0.4 is 5.32 Å². The van der Waals surface area contributed by atoms with Crippen molar-refractivity contribution in [2.75, 3.05) is 12.4 Å². The van der Waals surface area contributed by atoms with Crippen LogP contribution in [0.4, 0.5) is 5.69 Å². The Morgan fingerprint density at radius 2 is 1.71 bits per heavy atom. The number of hydrogen-bond acceptors (Lipinski definition) is 4. The zero-order chi connectivity index (χ0) is 20.1. The number of rotatable bonds is 2. The van der Waals surface area contributed by atoms with E-state index < -0.39 is 27.8 Å². The van der Waals surface area contributed by atoms with Gasteiger partial charge < -0.3 is 5.32 Å². The lowest BCUT2D eigenvalue weighted by Gasteiger charge is -2.32. The van der Waals surface area contributed by atoms with Crippen molar-refractivity contribution in [3.63, 3.8) is 0 Å². The molecule has 1 atom stereocenters. The van der Waals surface area contributed by atoms with Gasteiger partial charge in [0.2, 0.25) is 5.91 Å². The summed E-state index contributed by atoms with van der Waals surface area (Å²) in [5.74, 6) is -2.53. The van der Waals surface area contributed by atoms with E-state index in [2.05, 4.69) is 5.32 Å². The maximum atomic E-state index is 13.0. The van der Waals surface area contributed by atoms with Gasteiger partial charge in [0.25, 0.3) is 15.9 Å². The maximum absolute atomic E-state index is 13.0. The van der Waals surface area contributed by atoms with Crippen molar-refractivity contribution in [2.45, 2.75) is 36.5 Å². The van der Waals surface area contributed by atoms with E-state index in [9.17, 15) is 18.0 Å².